The molecule has 0 saturated carbocycles. The lowest BCUT2D eigenvalue weighted by atomic mass is 10.1. The lowest BCUT2D eigenvalue weighted by Gasteiger charge is -2.06. The summed E-state index contributed by atoms with van der Waals surface area (Å²) in [5.41, 5.74) is 1.55. The fourth-order valence-electron chi connectivity index (χ4n) is 2.22. The molecule has 0 bridgehead atoms. The molecular weight excluding hydrogens is 280 g/mol. The van der Waals surface area contributed by atoms with Crippen molar-refractivity contribution in [2.75, 3.05) is 6.61 Å². The van der Waals surface area contributed by atoms with Crippen LogP contribution in [0, 0.1) is 0 Å². The second-order valence-corrected chi connectivity index (χ2v) is 4.71. The Morgan fingerprint density at radius 1 is 1.00 bits per heavy atom. The highest BCUT2D eigenvalue weighted by Crippen LogP contribution is 2.22. The minimum Gasteiger partial charge on any atom is -0.494 e. The second kappa shape index (κ2) is 5.81. The molecule has 1 heterocycles. The Kier molecular flexibility index (Phi) is 3.70. The minimum atomic E-state index is -0.400. The van der Waals surface area contributed by atoms with Crippen LogP contribution in [0.3, 0.4) is 0 Å². The van der Waals surface area contributed by atoms with Gasteiger partial charge in [0.2, 0.25) is 0 Å². The van der Waals surface area contributed by atoms with Crippen molar-refractivity contribution in [3.05, 3.63) is 65.2 Å². The molecule has 3 rings (SSSR count). The summed E-state index contributed by atoms with van der Waals surface area (Å²) in [6.07, 6.45) is 1.48. The van der Waals surface area contributed by atoms with Crippen molar-refractivity contribution in [1.82, 2.24) is 5.01 Å². The summed E-state index contributed by atoms with van der Waals surface area (Å²) >= 11 is 0. The van der Waals surface area contributed by atoms with E-state index in [9.17, 15) is 9.59 Å². The summed E-state index contributed by atoms with van der Waals surface area (Å²) < 4.78 is 5.35. The predicted octanol–water partition coefficient (Wildman–Crippen LogP) is 2.72. The van der Waals surface area contributed by atoms with Crippen molar-refractivity contribution in [1.29, 1.82) is 0 Å². The van der Waals surface area contributed by atoms with Gasteiger partial charge in [0, 0.05) is 0 Å². The molecule has 0 aromatic heterocycles. The molecule has 0 spiro atoms. The average molecular weight is 294 g/mol. The molecule has 2 aromatic rings. The number of benzene rings is 2. The molecule has 1 aliphatic heterocycles. The topological polar surface area (TPSA) is 59.0 Å². The van der Waals surface area contributed by atoms with Crippen molar-refractivity contribution in [3.63, 3.8) is 0 Å². The average Bonchev–Trinajstić information content (AvgIpc) is 2.79. The van der Waals surface area contributed by atoms with Crippen LogP contribution in [-0.2, 0) is 0 Å². The SMILES string of the molecule is CCOc1ccc(/C=N/N2C(=O)c3ccccc3C2=O)cc1. The highest BCUT2D eigenvalue weighted by atomic mass is 16.5. The van der Waals surface area contributed by atoms with Crippen LogP contribution in [0.2, 0.25) is 0 Å². The Balaban J connectivity index is 1.79. The highest BCUT2D eigenvalue weighted by Gasteiger charge is 2.35. The van der Waals surface area contributed by atoms with Crippen molar-refractivity contribution in [2.45, 2.75) is 6.92 Å². The molecule has 22 heavy (non-hydrogen) atoms. The summed E-state index contributed by atoms with van der Waals surface area (Å²) in [6, 6.07) is 14.0. The third kappa shape index (κ3) is 2.48. The first kappa shape index (κ1) is 14.0. The van der Waals surface area contributed by atoms with Gasteiger partial charge in [-0.1, -0.05) is 12.1 Å². The molecule has 110 valence electrons. The van der Waals surface area contributed by atoms with Gasteiger partial charge in [-0.3, -0.25) is 9.59 Å². The number of carbonyl (C=O) groups excluding carboxylic acids is 2. The number of rotatable bonds is 4. The summed E-state index contributed by atoms with van der Waals surface area (Å²) in [5.74, 6) is -0.0362. The quantitative estimate of drug-likeness (QED) is 0.643. The maximum absolute atomic E-state index is 12.1. The lowest BCUT2D eigenvalue weighted by Crippen LogP contribution is -2.23. The van der Waals surface area contributed by atoms with Gasteiger partial charge in [-0.25, -0.2) is 0 Å². The highest BCUT2D eigenvalue weighted by molar-refractivity contribution is 6.21. The number of hydrogen-bond donors (Lipinski definition) is 0. The number of hydrazone groups is 1. The molecule has 5 nitrogen and oxygen atoms in total. The molecular formula is C17H14N2O3. The zero-order valence-electron chi connectivity index (χ0n) is 12.0. The van der Waals surface area contributed by atoms with Crippen molar-refractivity contribution < 1.29 is 14.3 Å². The van der Waals surface area contributed by atoms with Crippen LogP contribution in [0.15, 0.2) is 53.6 Å². The van der Waals surface area contributed by atoms with Crippen LogP contribution in [0.25, 0.3) is 0 Å². The van der Waals surface area contributed by atoms with Crippen molar-refractivity contribution >= 4 is 18.0 Å². The zero-order valence-corrected chi connectivity index (χ0v) is 12.0. The summed E-state index contributed by atoms with van der Waals surface area (Å²) in [7, 11) is 0. The van der Waals surface area contributed by atoms with Crippen LogP contribution in [-0.4, -0.2) is 29.6 Å². The predicted molar refractivity (Wildman–Crippen MR) is 82.1 cm³/mol. The van der Waals surface area contributed by atoms with Gasteiger partial charge in [0.1, 0.15) is 5.75 Å². The van der Waals surface area contributed by atoms with Crippen molar-refractivity contribution in [3.8, 4) is 5.75 Å². The van der Waals surface area contributed by atoms with Gasteiger partial charge in [-0.05, 0) is 48.9 Å². The van der Waals surface area contributed by atoms with E-state index in [1.165, 1.54) is 6.21 Å². The number of fused-ring (bicyclic) bond motifs is 1. The Bertz CT molecular complexity index is 716. The van der Waals surface area contributed by atoms with Crippen molar-refractivity contribution in [2.24, 2.45) is 5.10 Å². The van der Waals surface area contributed by atoms with Gasteiger partial charge in [-0.2, -0.15) is 10.1 Å². The van der Waals surface area contributed by atoms with Gasteiger partial charge >= 0.3 is 0 Å². The first-order chi connectivity index (χ1) is 10.7. The van der Waals surface area contributed by atoms with E-state index in [0.29, 0.717) is 17.7 Å². The maximum atomic E-state index is 12.1. The molecule has 2 aromatic carbocycles. The first-order valence-electron chi connectivity index (χ1n) is 6.95. The number of ether oxygens (including phenoxy) is 1. The Hall–Kier alpha value is -2.95. The van der Waals surface area contributed by atoms with E-state index in [-0.39, 0.29) is 0 Å². The number of carbonyl (C=O) groups is 2. The third-order valence-electron chi connectivity index (χ3n) is 3.29. The Morgan fingerprint density at radius 3 is 2.14 bits per heavy atom. The van der Waals surface area contributed by atoms with E-state index in [1.54, 1.807) is 24.3 Å². The minimum absolute atomic E-state index is 0.386. The van der Waals surface area contributed by atoms with Gasteiger partial charge < -0.3 is 4.74 Å². The Morgan fingerprint density at radius 2 is 1.59 bits per heavy atom. The molecule has 0 aliphatic carbocycles. The Labute approximate surface area is 127 Å². The normalized spacial score (nSPS) is 13.8. The van der Waals surface area contributed by atoms with E-state index in [0.717, 1.165) is 16.3 Å². The maximum Gasteiger partial charge on any atom is 0.282 e. The third-order valence-corrected chi connectivity index (χ3v) is 3.29. The lowest BCUT2D eigenvalue weighted by molar-refractivity contribution is 0.0660. The number of imide groups is 1. The van der Waals surface area contributed by atoms with E-state index >= 15 is 0 Å². The van der Waals surface area contributed by atoms with Gasteiger partial charge in [-0.15, -0.1) is 0 Å². The fourth-order valence-corrected chi connectivity index (χ4v) is 2.22. The van der Waals surface area contributed by atoms with E-state index in [4.69, 9.17) is 4.74 Å². The molecule has 0 saturated heterocycles. The molecule has 0 fully saturated rings. The van der Waals surface area contributed by atoms with Crippen LogP contribution in [0.4, 0.5) is 0 Å². The molecule has 0 radical (unpaired) electrons. The van der Waals surface area contributed by atoms with Crippen LogP contribution < -0.4 is 4.74 Å². The van der Waals surface area contributed by atoms with Gasteiger partial charge in [0.05, 0.1) is 23.9 Å². The monoisotopic (exact) mass is 294 g/mol. The molecule has 0 unspecified atom stereocenters. The molecule has 0 atom stereocenters. The van der Waals surface area contributed by atoms with E-state index < -0.39 is 11.8 Å². The molecule has 0 N–H and O–H groups in total. The van der Waals surface area contributed by atoms with E-state index in [2.05, 4.69) is 5.10 Å². The first-order valence-corrected chi connectivity index (χ1v) is 6.95. The van der Waals surface area contributed by atoms with Crippen LogP contribution in [0.1, 0.15) is 33.2 Å². The summed E-state index contributed by atoms with van der Waals surface area (Å²) in [4.78, 5) is 24.3. The summed E-state index contributed by atoms with van der Waals surface area (Å²) in [6.45, 7) is 2.51. The van der Waals surface area contributed by atoms with Gasteiger partial charge in [0.15, 0.2) is 0 Å². The molecule has 2 amide bonds. The number of hydrogen-bond acceptors (Lipinski definition) is 4. The molecule has 1 aliphatic rings. The van der Waals surface area contributed by atoms with Crippen LogP contribution in [0.5, 0.6) is 5.75 Å². The number of amides is 2. The van der Waals surface area contributed by atoms with Crippen LogP contribution >= 0.6 is 0 Å². The smallest absolute Gasteiger partial charge is 0.282 e. The van der Waals surface area contributed by atoms with Gasteiger partial charge in [0.25, 0.3) is 11.8 Å². The second-order valence-electron chi connectivity index (χ2n) is 4.71. The number of nitrogens with zero attached hydrogens (tertiary/aromatic N) is 2. The van der Waals surface area contributed by atoms with E-state index in [1.807, 2.05) is 31.2 Å². The molecule has 5 heteroatoms. The largest absolute Gasteiger partial charge is 0.494 e. The zero-order chi connectivity index (χ0) is 15.5. The standard InChI is InChI=1S/C17H14N2O3/c1-2-22-13-9-7-12(8-10-13)11-18-19-16(20)14-5-3-4-6-15(14)17(19)21/h3-11H,2H2,1H3/b18-11+. The summed E-state index contributed by atoms with van der Waals surface area (Å²) in [5, 5.41) is 4.90. The fraction of sp³-hybridized carbons (Fsp3) is 0.118.